The lowest BCUT2D eigenvalue weighted by Gasteiger charge is -2.18. The van der Waals surface area contributed by atoms with Gasteiger partial charge < -0.3 is 9.47 Å². The molecule has 0 fully saturated rings. The molecule has 0 aliphatic rings. The molecule has 4 nitrogen and oxygen atoms in total. The van der Waals surface area contributed by atoms with Gasteiger partial charge in [0.1, 0.15) is 17.6 Å². The molecule has 1 aromatic carbocycles. The van der Waals surface area contributed by atoms with Crippen molar-refractivity contribution in [2.24, 2.45) is 5.90 Å². The third-order valence-electron chi connectivity index (χ3n) is 2.30. The number of benzene rings is 1. The Kier molecular flexibility index (Phi) is 3.94. The third kappa shape index (κ3) is 2.40. The number of aryl methyl sites for hydroxylation is 1. The van der Waals surface area contributed by atoms with Crippen LogP contribution < -0.4 is 15.4 Å². The van der Waals surface area contributed by atoms with Crippen LogP contribution in [0.4, 0.5) is 0 Å². The van der Waals surface area contributed by atoms with Crippen molar-refractivity contribution in [3.8, 4) is 11.5 Å². The van der Waals surface area contributed by atoms with Crippen molar-refractivity contribution in [1.82, 2.24) is 0 Å². The smallest absolute Gasteiger partial charge is 0.128 e. The molecular formula is C11H17NO3. The van der Waals surface area contributed by atoms with Crippen LogP contribution in [-0.2, 0) is 4.84 Å². The Morgan fingerprint density at radius 3 is 1.93 bits per heavy atom. The molecule has 0 aromatic heterocycles. The lowest BCUT2D eigenvalue weighted by atomic mass is 10.1. The van der Waals surface area contributed by atoms with E-state index in [1.165, 1.54) is 0 Å². The number of ether oxygens (including phenoxy) is 2. The summed E-state index contributed by atoms with van der Waals surface area (Å²) in [7, 11) is 3.22. The highest BCUT2D eigenvalue weighted by atomic mass is 16.6. The molecular weight excluding hydrogens is 194 g/mol. The summed E-state index contributed by atoms with van der Waals surface area (Å²) in [5.41, 5.74) is 1.89. The standard InChI is InChI=1S/C11H17NO3/c1-7-5-9(13-3)11(8(2)15-12)10(6-7)14-4/h5-6,8H,12H2,1-4H3. The number of hydrogen-bond acceptors (Lipinski definition) is 4. The van der Waals surface area contributed by atoms with Gasteiger partial charge in [-0.2, -0.15) is 0 Å². The highest BCUT2D eigenvalue weighted by Crippen LogP contribution is 2.36. The topological polar surface area (TPSA) is 53.7 Å². The van der Waals surface area contributed by atoms with Gasteiger partial charge in [0, 0.05) is 0 Å². The number of methoxy groups -OCH3 is 2. The van der Waals surface area contributed by atoms with E-state index in [-0.39, 0.29) is 6.10 Å². The Labute approximate surface area is 89.9 Å². The molecule has 0 heterocycles. The molecule has 0 saturated heterocycles. The van der Waals surface area contributed by atoms with Gasteiger partial charge in [-0.15, -0.1) is 0 Å². The van der Waals surface area contributed by atoms with Crippen molar-refractivity contribution in [1.29, 1.82) is 0 Å². The van der Waals surface area contributed by atoms with Crippen molar-refractivity contribution in [2.75, 3.05) is 14.2 Å². The second kappa shape index (κ2) is 5.00. The molecule has 4 heteroatoms. The molecule has 0 bridgehead atoms. The van der Waals surface area contributed by atoms with Gasteiger partial charge in [-0.05, 0) is 31.5 Å². The van der Waals surface area contributed by atoms with Crippen molar-refractivity contribution < 1.29 is 14.3 Å². The van der Waals surface area contributed by atoms with Crippen molar-refractivity contribution in [3.63, 3.8) is 0 Å². The van der Waals surface area contributed by atoms with Crippen LogP contribution in [0.5, 0.6) is 11.5 Å². The van der Waals surface area contributed by atoms with Crippen LogP contribution in [0, 0.1) is 6.92 Å². The third-order valence-corrected chi connectivity index (χ3v) is 2.30. The maximum Gasteiger partial charge on any atom is 0.128 e. The lowest BCUT2D eigenvalue weighted by molar-refractivity contribution is 0.0627. The first-order chi connectivity index (χ1) is 7.13. The van der Waals surface area contributed by atoms with Gasteiger partial charge in [0.2, 0.25) is 0 Å². The Balaban J connectivity index is 3.30. The van der Waals surface area contributed by atoms with Gasteiger partial charge in [-0.25, -0.2) is 5.90 Å². The zero-order valence-corrected chi connectivity index (χ0v) is 9.53. The van der Waals surface area contributed by atoms with E-state index in [1.54, 1.807) is 14.2 Å². The fourth-order valence-corrected chi connectivity index (χ4v) is 1.54. The van der Waals surface area contributed by atoms with E-state index in [1.807, 2.05) is 26.0 Å². The average Bonchev–Trinajstić information content (AvgIpc) is 2.26. The van der Waals surface area contributed by atoms with Crippen LogP contribution in [0.2, 0.25) is 0 Å². The molecule has 1 atom stereocenters. The van der Waals surface area contributed by atoms with Crippen LogP contribution in [0.3, 0.4) is 0 Å². The number of hydrogen-bond donors (Lipinski definition) is 1. The quantitative estimate of drug-likeness (QED) is 0.773. The van der Waals surface area contributed by atoms with Gasteiger partial charge in [0.25, 0.3) is 0 Å². The minimum Gasteiger partial charge on any atom is -0.496 e. The summed E-state index contributed by atoms with van der Waals surface area (Å²) >= 11 is 0. The highest BCUT2D eigenvalue weighted by molar-refractivity contribution is 5.49. The van der Waals surface area contributed by atoms with E-state index in [9.17, 15) is 0 Å². The molecule has 0 saturated carbocycles. The molecule has 1 rings (SSSR count). The van der Waals surface area contributed by atoms with Gasteiger partial charge >= 0.3 is 0 Å². The molecule has 15 heavy (non-hydrogen) atoms. The molecule has 1 aromatic rings. The Morgan fingerprint density at radius 2 is 1.60 bits per heavy atom. The minimum absolute atomic E-state index is 0.268. The summed E-state index contributed by atoms with van der Waals surface area (Å²) in [6.45, 7) is 3.82. The molecule has 1 unspecified atom stereocenters. The van der Waals surface area contributed by atoms with Gasteiger partial charge in [0.05, 0.1) is 19.8 Å². The minimum atomic E-state index is -0.268. The Morgan fingerprint density at radius 1 is 1.13 bits per heavy atom. The van der Waals surface area contributed by atoms with E-state index >= 15 is 0 Å². The van der Waals surface area contributed by atoms with E-state index in [0.29, 0.717) is 0 Å². The van der Waals surface area contributed by atoms with Crippen molar-refractivity contribution in [3.05, 3.63) is 23.3 Å². The maximum atomic E-state index is 5.28. The Hall–Kier alpha value is -1.26. The zero-order chi connectivity index (χ0) is 11.4. The number of rotatable bonds is 4. The largest absolute Gasteiger partial charge is 0.496 e. The Bertz CT molecular complexity index is 314. The predicted octanol–water partition coefficient (Wildman–Crippen LogP) is 1.96. The summed E-state index contributed by atoms with van der Waals surface area (Å²) in [6.07, 6.45) is -0.268. The monoisotopic (exact) mass is 211 g/mol. The highest BCUT2D eigenvalue weighted by Gasteiger charge is 2.17. The van der Waals surface area contributed by atoms with E-state index in [0.717, 1.165) is 22.6 Å². The summed E-state index contributed by atoms with van der Waals surface area (Å²) in [5, 5.41) is 0. The lowest BCUT2D eigenvalue weighted by Crippen LogP contribution is -2.09. The first kappa shape index (κ1) is 11.8. The SMILES string of the molecule is COc1cc(C)cc(OC)c1C(C)ON. The molecule has 0 radical (unpaired) electrons. The molecule has 0 spiro atoms. The molecule has 2 N–H and O–H groups in total. The first-order valence-electron chi connectivity index (χ1n) is 4.72. The fraction of sp³-hybridized carbons (Fsp3) is 0.455. The zero-order valence-electron chi connectivity index (χ0n) is 9.53. The summed E-state index contributed by atoms with van der Waals surface area (Å²) < 4.78 is 10.6. The van der Waals surface area contributed by atoms with Crippen molar-refractivity contribution >= 4 is 0 Å². The predicted molar refractivity (Wildman–Crippen MR) is 58.0 cm³/mol. The fourth-order valence-electron chi connectivity index (χ4n) is 1.54. The molecule has 0 aliphatic heterocycles. The summed E-state index contributed by atoms with van der Waals surface area (Å²) in [6, 6.07) is 3.85. The van der Waals surface area contributed by atoms with Gasteiger partial charge in [0.15, 0.2) is 0 Å². The molecule has 0 aliphatic carbocycles. The van der Waals surface area contributed by atoms with Crippen LogP contribution in [-0.4, -0.2) is 14.2 Å². The second-order valence-electron chi connectivity index (χ2n) is 3.36. The number of nitrogens with two attached hydrogens (primary N) is 1. The van der Waals surface area contributed by atoms with E-state index < -0.39 is 0 Å². The summed E-state index contributed by atoms with van der Waals surface area (Å²) in [5.74, 6) is 6.63. The van der Waals surface area contributed by atoms with Crippen LogP contribution in [0.15, 0.2) is 12.1 Å². The summed E-state index contributed by atoms with van der Waals surface area (Å²) in [4.78, 5) is 4.80. The van der Waals surface area contributed by atoms with E-state index in [2.05, 4.69) is 0 Å². The first-order valence-corrected chi connectivity index (χ1v) is 4.72. The van der Waals surface area contributed by atoms with Crippen LogP contribution in [0.25, 0.3) is 0 Å². The van der Waals surface area contributed by atoms with Crippen molar-refractivity contribution in [2.45, 2.75) is 20.0 Å². The van der Waals surface area contributed by atoms with Crippen LogP contribution in [0.1, 0.15) is 24.2 Å². The second-order valence-corrected chi connectivity index (χ2v) is 3.36. The van der Waals surface area contributed by atoms with E-state index in [4.69, 9.17) is 20.2 Å². The molecule has 0 amide bonds. The average molecular weight is 211 g/mol. The van der Waals surface area contributed by atoms with Gasteiger partial charge in [-0.3, -0.25) is 4.84 Å². The normalized spacial score (nSPS) is 12.3. The van der Waals surface area contributed by atoms with Crippen LogP contribution >= 0.6 is 0 Å². The van der Waals surface area contributed by atoms with Gasteiger partial charge in [-0.1, -0.05) is 0 Å². The molecule has 84 valence electrons. The maximum absolute atomic E-state index is 5.28.